The van der Waals surface area contributed by atoms with Crippen LogP contribution >= 0.6 is 0 Å². The molecule has 32 heavy (non-hydrogen) atoms. The Balaban J connectivity index is 1.66. The van der Waals surface area contributed by atoms with Crippen molar-refractivity contribution in [3.8, 4) is 17.2 Å². The zero-order chi connectivity index (χ0) is 22.8. The van der Waals surface area contributed by atoms with Crippen LogP contribution in [0.2, 0.25) is 0 Å². The number of hydrogen-bond donors (Lipinski definition) is 0. The van der Waals surface area contributed by atoms with Crippen LogP contribution in [0.4, 0.5) is 0 Å². The first-order chi connectivity index (χ1) is 15.6. The maximum absolute atomic E-state index is 13.0. The SMILES string of the molecule is C=CCOc1ccc(CN(C)C(=O)c2ccc(OCc3ccncc3)c(OCC)c2)cc1. The summed E-state index contributed by atoms with van der Waals surface area (Å²) in [6, 6.07) is 16.7. The highest BCUT2D eigenvalue weighted by Crippen LogP contribution is 2.30. The van der Waals surface area contributed by atoms with Crippen molar-refractivity contribution in [2.45, 2.75) is 20.1 Å². The Morgan fingerprint density at radius 2 is 1.72 bits per heavy atom. The molecule has 0 radical (unpaired) electrons. The lowest BCUT2D eigenvalue weighted by molar-refractivity contribution is 0.0784. The molecule has 6 heteroatoms. The zero-order valence-electron chi connectivity index (χ0n) is 18.5. The second-order valence-electron chi connectivity index (χ2n) is 7.14. The smallest absolute Gasteiger partial charge is 0.254 e. The number of nitrogens with zero attached hydrogens (tertiary/aromatic N) is 2. The fraction of sp³-hybridized carbons (Fsp3) is 0.231. The van der Waals surface area contributed by atoms with Crippen molar-refractivity contribution in [3.05, 3.63) is 96.3 Å². The lowest BCUT2D eigenvalue weighted by Crippen LogP contribution is -2.26. The molecule has 0 saturated carbocycles. The van der Waals surface area contributed by atoms with Gasteiger partial charge in [-0.1, -0.05) is 24.8 Å². The number of hydrogen-bond acceptors (Lipinski definition) is 5. The van der Waals surface area contributed by atoms with Gasteiger partial charge in [-0.15, -0.1) is 0 Å². The maximum Gasteiger partial charge on any atom is 0.254 e. The fourth-order valence-corrected chi connectivity index (χ4v) is 3.08. The number of pyridine rings is 1. The Labute approximate surface area is 189 Å². The van der Waals surface area contributed by atoms with Crippen molar-refractivity contribution >= 4 is 5.91 Å². The average molecular weight is 433 g/mol. The monoisotopic (exact) mass is 432 g/mol. The molecule has 0 bridgehead atoms. The minimum absolute atomic E-state index is 0.0985. The molecule has 1 amide bonds. The van der Waals surface area contributed by atoms with Gasteiger partial charge in [0, 0.05) is 31.5 Å². The standard InChI is InChI=1S/C26H28N2O4/c1-4-16-31-23-9-6-20(7-10-23)18-28(3)26(29)22-8-11-24(25(17-22)30-5-2)32-19-21-12-14-27-15-13-21/h4,6-15,17H,1,5,16,18-19H2,2-3H3. The quantitative estimate of drug-likeness (QED) is 0.404. The number of carbonyl (C=O) groups is 1. The molecular formula is C26H28N2O4. The summed E-state index contributed by atoms with van der Waals surface area (Å²) in [4.78, 5) is 18.7. The molecule has 0 fully saturated rings. The van der Waals surface area contributed by atoms with E-state index in [-0.39, 0.29) is 5.91 Å². The van der Waals surface area contributed by atoms with Crippen LogP contribution in [0.5, 0.6) is 17.2 Å². The number of benzene rings is 2. The summed E-state index contributed by atoms with van der Waals surface area (Å²) in [5.74, 6) is 1.81. The van der Waals surface area contributed by atoms with Gasteiger partial charge in [-0.3, -0.25) is 9.78 Å². The van der Waals surface area contributed by atoms with Gasteiger partial charge in [0.25, 0.3) is 5.91 Å². The van der Waals surface area contributed by atoms with Crippen molar-refractivity contribution in [3.63, 3.8) is 0 Å². The van der Waals surface area contributed by atoms with Crippen LogP contribution in [0.15, 0.2) is 79.6 Å². The van der Waals surface area contributed by atoms with Crippen LogP contribution in [-0.4, -0.2) is 36.1 Å². The van der Waals surface area contributed by atoms with Gasteiger partial charge >= 0.3 is 0 Å². The van der Waals surface area contributed by atoms with Crippen LogP contribution < -0.4 is 14.2 Å². The molecule has 0 saturated heterocycles. The van der Waals surface area contributed by atoms with E-state index < -0.39 is 0 Å². The molecule has 1 aromatic heterocycles. The van der Waals surface area contributed by atoms with Crippen LogP contribution in [0.3, 0.4) is 0 Å². The predicted molar refractivity (Wildman–Crippen MR) is 124 cm³/mol. The fourth-order valence-electron chi connectivity index (χ4n) is 3.08. The van der Waals surface area contributed by atoms with E-state index in [9.17, 15) is 4.79 Å². The van der Waals surface area contributed by atoms with Gasteiger partial charge in [-0.25, -0.2) is 0 Å². The summed E-state index contributed by atoms with van der Waals surface area (Å²) in [6.07, 6.45) is 5.15. The van der Waals surface area contributed by atoms with Crippen LogP contribution in [0, 0.1) is 0 Å². The first-order valence-electron chi connectivity index (χ1n) is 10.5. The first-order valence-corrected chi connectivity index (χ1v) is 10.5. The molecule has 2 aromatic carbocycles. The summed E-state index contributed by atoms with van der Waals surface area (Å²) in [7, 11) is 1.78. The van der Waals surface area contributed by atoms with E-state index in [4.69, 9.17) is 14.2 Å². The van der Waals surface area contributed by atoms with Crippen molar-refractivity contribution in [2.75, 3.05) is 20.3 Å². The van der Waals surface area contributed by atoms with E-state index in [1.807, 2.05) is 43.3 Å². The van der Waals surface area contributed by atoms with E-state index >= 15 is 0 Å². The molecule has 0 aliphatic rings. The van der Waals surface area contributed by atoms with Crippen molar-refractivity contribution in [1.82, 2.24) is 9.88 Å². The van der Waals surface area contributed by atoms with Gasteiger partial charge in [0.05, 0.1) is 6.61 Å². The Morgan fingerprint density at radius 3 is 2.41 bits per heavy atom. The van der Waals surface area contributed by atoms with E-state index in [1.165, 1.54) is 0 Å². The minimum Gasteiger partial charge on any atom is -0.490 e. The van der Waals surface area contributed by atoms with E-state index in [2.05, 4.69) is 11.6 Å². The molecule has 0 unspecified atom stereocenters. The summed E-state index contributed by atoms with van der Waals surface area (Å²) >= 11 is 0. The third-order valence-electron chi connectivity index (χ3n) is 4.69. The Kier molecular flexibility index (Phi) is 8.26. The van der Waals surface area contributed by atoms with Crippen molar-refractivity contribution < 1.29 is 19.0 Å². The molecular weight excluding hydrogens is 404 g/mol. The number of amides is 1. The van der Waals surface area contributed by atoms with Gasteiger partial charge in [0.15, 0.2) is 11.5 Å². The lowest BCUT2D eigenvalue weighted by atomic mass is 10.1. The van der Waals surface area contributed by atoms with Gasteiger partial charge in [-0.05, 0) is 60.5 Å². The molecule has 3 rings (SSSR count). The largest absolute Gasteiger partial charge is 0.490 e. The van der Waals surface area contributed by atoms with E-state index in [0.29, 0.717) is 43.4 Å². The zero-order valence-corrected chi connectivity index (χ0v) is 18.5. The molecule has 3 aromatic rings. The molecule has 0 aliphatic heterocycles. The minimum atomic E-state index is -0.0985. The molecule has 166 valence electrons. The Hall–Kier alpha value is -3.80. The summed E-state index contributed by atoms with van der Waals surface area (Å²) in [6.45, 7) is 7.34. The highest BCUT2D eigenvalue weighted by atomic mass is 16.5. The van der Waals surface area contributed by atoms with Crippen molar-refractivity contribution in [2.24, 2.45) is 0 Å². The predicted octanol–water partition coefficient (Wildman–Crippen LogP) is 4.90. The Morgan fingerprint density at radius 1 is 0.969 bits per heavy atom. The normalized spacial score (nSPS) is 10.3. The lowest BCUT2D eigenvalue weighted by Gasteiger charge is -2.19. The molecule has 0 spiro atoms. The molecule has 0 N–H and O–H groups in total. The highest BCUT2D eigenvalue weighted by molar-refractivity contribution is 5.94. The van der Waals surface area contributed by atoms with Gasteiger partial charge in [0.1, 0.15) is 19.0 Å². The third-order valence-corrected chi connectivity index (χ3v) is 4.69. The number of carbonyl (C=O) groups excluding carboxylic acids is 1. The van der Waals surface area contributed by atoms with Crippen LogP contribution in [0.1, 0.15) is 28.4 Å². The summed E-state index contributed by atoms with van der Waals surface area (Å²) in [5.41, 5.74) is 2.55. The van der Waals surface area contributed by atoms with Crippen molar-refractivity contribution in [1.29, 1.82) is 0 Å². The van der Waals surface area contributed by atoms with Gasteiger partial charge in [0.2, 0.25) is 0 Å². The van der Waals surface area contributed by atoms with Crippen LogP contribution in [-0.2, 0) is 13.2 Å². The maximum atomic E-state index is 13.0. The summed E-state index contributed by atoms with van der Waals surface area (Å²) < 4.78 is 17.1. The van der Waals surface area contributed by atoms with Gasteiger partial charge < -0.3 is 19.1 Å². The topological polar surface area (TPSA) is 60.9 Å². The third kappa shape index (κ3) is 6.35. The second-order valence-corrected chi connectivity index (χ2v) is 7.14. The van der Waals surface area contributed by atoms with E-state index in [1.54, 1.807) is 48.6 Å². The highest BCUT2D eigenvalue weighted by Gasteiger charge is 2.16. The van der Waals surface area contributed by atoms with Gasteiger partial charge in [-0.2, -0.15) is 0 Å². The Bertz CT molecular complexity index is 1020. The molecule has 0 atom stereocenters. The number of ether oxygens (including phenoxy) is 3. The summed E-state index contributed by atoms with van der Waals surface area (Å²) in [5, 5.41) is 0. The molecule has 0 aliphatic carbocycles. The number of rotatable bonds is 11. The van der Waals surface area contributed by atoms with Crippen LogP contribution in [0.25, 0.3) is 0 Å². The average Bonchev–Trinajstić information content (AvgIpc) is 2.83. The second kappa shape index (κ2) is 11.6. The molecule has 1 heterocycles. The molecule has 6 nitrogen and oxygen atoms in total. The first kappa shape index (κ1) is 22.9. The van der Waals surface area contributed by atoms with E-state index in [0.717, 1.165) is 16.9 Å². The number of aromatic nitrogens is 1.